The Hall–Kier alpha value is -2.13. The number of rotatable bonds is 7. The van der Waals surface area contributed by atoms with Gasteiger partial charge in [-0.15, -0.1) is 12.4 Å². The molecule has 5 rings (SSSR count). The molecule has 1 aliphatic heterocycles. The second kappa shape index (κ2) is 16.1. The minimum absolute atomic E-state index is 0. The number of hydrogen-bond donors (Lipinski definition) is 1. The molecule has 2 N–H and O–H groups in total. The van der Waals surface area contributed by atoms with E-state index in [4.69, 9.17) is 5.73 Å². The van der Waals surface area contributed by atoms with E-state index in [9.17, 15) is 0 Å². The quantitative estimate of drug-likeness (QED) is 0.325. The maximum absolute atomic E-state index is 6.98. The molecule has 3 heteroatoms. The molecule has 1 saturated carbocycles. The minimum Gasteiger partial charge on any atom is -0.321 e. The van der Waals surface area contributed by atoms with E-state index >= 15 is 0 Å². The molecule has 0 aromatic heterocycles. The molecule has 1 aliphatic carbocycles. The zero-order chi connectivity index (χ0) is 26.7. The van der Waals surface area contributed by atoms with E-state index in [1.165, 1.54) is 47.9 Å². The van der Waals surface area contributed by atoms with Gasteiger partial charge in [0, 0.05) is 20.1 Å². The highest BCUT2D eigenvalue weighted by molar-refractivity contribution is 5.85. The van der Waals surface area contributed by atoms with Crippen LogP contribution in [0.15, 0.2) is 78.9 Å². The average molecular weight is 537 g/mol. The SMILES string of the molecule is CC.CC.CCCc1ccccc1C(c1ccccc1C1CCC1)N1CCC(N)(c2ccccc2)CC1.Cl.[HH]. The maximum Gasteiger partial charge on any atom is 0.0607 e. The van der Waals surface area contributed by atoms with Crippen LogP contribution in [0.2, 0.25) is 0 Å². The Morgan fingerprint density at radius 2 is 1.37 bits per heavy atom. The molecule has 2 aliphatic rings. The number of halogens is 1. The van der Waals surface area contributed by atoms with Gasteiger partial charge in [0.1, 0.15) is 0 Å². The van der Waals surface area contributed by atoms with Gasteiger partial charge in [-0.3, -0.25) is 4.90 Å². The Bertz CT molecular complexity index is 1060. The summed E-state index contributed by atoms with van der Waals surface area (Å²) in [6.07, 6.45) is 8.34. The summed E-state index contributed by atoms with van der Waals surface area (Å²) in [5.74, 6) is 0.727. The third-order valence-electron chi connectivity index (χ3n) is 8.11. The van der Waals surface area contributed by atoms with Crippen LogP contribution in [0.25, 0.3) is 0 Å². The van der Waals surface area contributed by atoms with E-state index in [-0.39, 0.29) is 19.4 Å². The van der Waals surface area contributed by atoms with Crippen molar-refractivity contribution in [2.45, 2.75) is 97.1 Å². The van der Waals surface area contributed by atoms with E-state index in [2.05, 4.69) is 90.7 Å². The monoisotopic (exact) mass is 536 g/mol. The first-order valence-electron chi connectivity index (χ1n) is 14.9. The van der Waals surface area contributed by atoms with Crippen molar-refractivity contribution in [3.8, 4) is 0 Å². The molecule has 0 amide bonds. The molecule has 0 radical (unpaired) electrons. The van der Waals surface area contributed by atoms with Gasteiger partial charge in [0.15, 0.2) is 0 Å². The van der Waals surface area contributed by atoms with Crippen LogP contribution in [0.4, 0.5) is 0 Å². The lowest BCUT2D eigenvalue weighted by atomic mass is 9.75. The summed E-state index contributed by atoms with van der Waals surface area (Å²) in [4.78, 5) is 2.72. The van der Waals surface area contributed by atoms with Crippen LogP contribution in [-0.2, 0) is 12.0 Å². The first kappa shape index (κ1) is 32.1. The minimum atomic E-state index is -0.223. The van der Waals surface area contributed by atoms with Crippen molar-refractivity contribution >= 4 is 12.4 Å². The van der Waals surface area contributed by atoms with Crippen LogP contribution < -0.4 is 5.73 Å². The van der Waals surface area contributed by atoms with Gasteiger partial charge in [-0.1, -0.05) is 126 Å². The van der Waals surface area contributed by atoms with Crippen LogP contribution >= 0.6 is 12.4 Å². The molecule has 1 atom stereocenters. The zero-order valence-corrected chi connectivity index (χ0v) is 25.3. The molecule has 3 aromatic rings. The van der Waals surface area contributed by atoms with Gasteiger partial charge in [-0.2, -0.15) is 0 Å². The normalized spacial score (nSPS) is 17.4. The predicted molar refractivity (Wildman–Crippen MR) is 170 cm³/mol. The molecule has 2 nitrogen and oxygen atoms in total. The molecule has 210 valence electrons. The Kier molecular flexibility index (Phi) is 13.6. The van der Waals surface area contributed by atoms with Gasteiger partial charge in [0.05, 0.1) is 6.04 Å². The fourth-order valence-electron chi connectivity index (χ4n) is 5.95. The van der Waals surface area contributed by atoms with Crippen LogP contribution in [-0.4, -0.2) is 18.0 Å². The van der Waals surface area contributed by atoms with E-state index < -0.39 is 0 Å². The third kappa shape index (κ3) is 7.29. The van der Waals surface area contributed by atoms with Crippen molar-refractivity contribution in [2.24, 2.45) is 5.73 Å². The Morgan fingerprint density at radius 1 is 0.816 bits per heavy atom. The fourth-order valence-corrected chi connectivity index (χ4v) is 5.95. The first-order valence-corrected chi connectivity index (χ1v) is 14.9. The lowest BCUT2D eigenvalue weighted by molar-refractivity contribution is 0.131. The largest absolute Gasteiger partial charge is 0.321 e. The van der Waals surface area contributed by atoms with Crippen molar-refractivity contribution < 1.29 is 1.43 Å². The van der Waals surface area contributed by atoms with Crippen molar-refractivity contribution in [1.82, 2.24) is 4.90 Å². The summed E-state index contributed by atoms with van der Waals surface area (Å²) in [6, 6.07) is 29.5. The van der Waals surface area contributed by atoms with Gasteiger partial charge in [0.25, 0.3) is 0 Å². The second-order valence-corrected chi connectivity index (χ2v) is 10.2. The molecule has 3 aromatic carbocycles. The number of benzene rings is 3. The molecule has 38 heavy (non-hydrogen) atoms. The van der Waals surface area contributed by atoms with Gasteiger partial charge in [-0.25, -0.2) is 0 Å². The molecular formula is C35H53ClN2. The van der Waals surface area contributed by atoms with E-state index in [0.29, 0.717) is 6.04 Å². The second-order valence-electron chi connectivity index (χ2n) is 10.2. The molecule has 2 fully saturated rings. The van der Waals surface area contributed by atoms with Crippen molar-refractivity contribution in [3.63, 3.8) is 0 Å². The molecule has 0 spiro atoms. The average Bonchev–Trinajstić information content (AvgIpc) is 2.94. The molecule has 1 heterocycles. The summed E-state index contributed by atoms with van der Waals surface area (Å²) in [7, 11) is 0. The number of piperidine rings is 1. The van der Waals surface area contributed by atoms with Crippen LogP contribution in [0.5, 0.6) is 0 Å². The lowest BCUT2D eigenvalue weighted by Gasteiger charge is -2.44. The first-order chi connectivity index (χ1) is 18.2. The van der Waals surface area contributed by atoms with Crippen molar-refractivity contribution in [1.29, 1.82) is 0 Å². The van der Waals surface area contributed by atoms with Crippen LogP contribution in [0.1, 0.15) is 114 Å². The van der Waals surface area contributed by atoms with Crippen molar-refractivity contribution in [2.75, 3.05) is 13.1 Å². The number of aryl methyl sites for hydroxylation is 1. The molecular weight excluding hydrogens is 484 g/mol. The predicted octanol–water partition coefficient (Wildman–Crippen LogP) is 9.67. The van der Waals surface area contributed by atoms with E-state index in [0.717, 1.165) is 38.3 Å². The smallest absolute Gasteiger partial charge is 0.0607 e. The van der Waals surface area contributed by atoms with Gasteiger partial charge >= 0.3 is 0 Å². The summed E-state index contributed by atoms with van der Waals surface area (Å²) >= 11 is 0. The molecule has 0 bridgehead atoms. The van der Waals surface area contributed by atoms with Crippen molar-refractivity contribution in [3.05, 3.63) is 107 Å². The number of nitrogens with zero attached hydrogens (tertiary/aromatic N) is 1. The highest BCUT2D eigenvalue weighted by Crippen LogP contribution is 2.44. The Labute approximate surface area is 240 Å². The topological polar surface area (TPSA) is 29.3 Å². The van der Waals surface area contributed by atoms with E-state index in [1.807, 2.05) is 27.7 Å². The molecule has 1 saturated heterocycles. The zero-order valence-electron chi connectivity index (χ0n) is 24.5. The summed E-state index contributed by atoms with van der Waals surface area (Å²) in [5, 5.41) is 0. The van der Waals surface area contributed by atoms with Crippen LogP contribution in [0.3, 0.4) is 0 Å². The molecule has 1 unspecified atom stereocenters. The summed E-state index contributed by atoms with van der Waals surface area (Å²) < 4.78 is 0. The maximum atomic E-state index is 6.98. The van der Waals surface area contributed by atoms with Gasteiger partial charge in [-0.05, 0) is 65.8 Å². The Balaban J connectivity index is 0.00000121. The van der Waals surface area contributed by atoms with Gasteiger partial charge < -0.3 is 5.73 Å². The lowest BCUT2D eigenvalue weighted by Crippen LogP contribution is -2.49. The summed E-state index contributed by atoms with van der Waals surface area (Å²) in [5.41, 5.74) is 14.1. The summed E-state index contributed by atoms with van der Waals surface area (Å²) in [6.45, 7) is 12.3. The van der Waals surface area contributed by atoms with Crippen LogP contribution in [0, 0.1) is 0 Å². The highest BCUT2D eigenvalue weighted by Gasteiger charge is 2.37. The highest BCUT2D eigenvalue weighted by atomic mass is 35.5. The standard InChI is InChI=1S/C31H38N2.2C2H6.ClH.H2/c1-2-11-24-12-6-7-18-28(24)30(29-19-9-8-17-27(29)25-13-10-14-25)33-22-20-31(32,21-23-33)26-15-4-3-5-16-26;2*1-2;;/h3-9,12,15-19,25,30H,2,10-11,13-14,20-23,32H2,1H3;2*1-2H3;2*1H. The van der Waals surface area contributed by atoms with Gasteiger partial charge in [0.2, 0.25) is 0 Å². The Morgan fingerprint density at radius 3 is 1.95 bits per heavy atom. The fraction of sp³-hybridized carbons (Fsp3) is 0.486. The number of likely N-dealkylation sites (tertiary alicyclic amines) is 1. The van der Waals surface area contributed by atoms with E-state index in [1.54, 1.807) is 5.56 Å². The number of nitrogens with two attached hydrogens (primary N) is 1. The third-order valence-corrected chi connectivity index (χ3v) is 8.11. The number of hydrogen-bond acceptors (Lipinski definition) is 2.